The number of hydrogen-bond donors (Lipinski definition) is 1. The zero-order valence-electron chi connectivity index (χ0n) is 19.5. The van der Waals surface area contributed by atoms with Crippen molar-refractivity contribution >= 4 is 33.9 Å². The maximum atomic E-state index is 13.6. The Bertz CT molecular complexity index is 1310. The van der Waals surface area contributed by atoms with Gasteiger partial charge in [0, 0.05) is 19.3 Å². The number of nitrogens with one attached hydrogen (secondary N) is 1. The highest BCUT2D eigenvalue weighted by Gasteiger charge is 2.37. The summed E-state index contributed by atoms with van der Waals surface area (Å²) in [7, 11) is -3.91. The normalized spacial score (nSPS) is 17.2. The van der Waals surface area contributed by atoms with E-state index in [1.807, 2.05) is 44.2 Å². The van der Waals surface area contributed by atoms with Gasteiger partial charge in [0.1, 0.15) is 11.5 Å². The van der Waals surface area contributed by atoms with Crippen molar-refractivity contribution < 1.29 is 17.7 Å². The van der Waals surface area contributed by atoms with Crippen LogP contribution in [-0.4, -0.2) is 41.9 Å². The third-order valence-electron chi connectivity index (χ3n) is 5.86. The van der Waals surface area contributed by atoms with Gasteiger partial charge in [-0.2, -0.15) is 4.31 Å². The summed E-state index contributed by atoms with van der Waals surface area (Å²) in [4.78, 5) is 17.0. The Hall–Kier alpha value is -3.30. The van der Waals surface area contributed by atoms with E-state index < -0.39 is 15.9 Å². The van der Waals surface area contributed by atoms with Gasteiger partial charge in [-0.3, -0.25) is 4.79 Å². The number of amides is 1. The summed E-state index contributed by atoms with van der Waals surface area (Å²) in [5.41, 5.74) is 3.33. The Morgan fingerprint density at radius 3 is 2.62 bits per heavy atom. The number of piperidine rings is 1. The molecule has 1 aliphatic heterocycles. The van der Waals surface area contributed by atoms with Gasteiger partial charge >= 0.3 is 0 Å². The molecule has 0 unspecified atom stereocenters. The van der Waals surface area contributed by atoms with Crippen molar-refractivity contribution in [2.45, 2.75) is 38.5 Å². The molecule has 0 saturated carbocycles. The molecule has 178 valence electrons. The first-order valence-corrected chi connectivity index (χ1v) is 12.6. The first-order valence-electron chi connectivity index (χ1n) is 11.2. The Kier molecular flexibility index (Phi) is 6.95. The second-order valence-electron chi connectivity index (χ2n) is 8.62. The van der Waals surface area contributed by atoms with E-state index in [2.05, 4.69) is 15.5 Å². The molecule has 3 aromatic rings. The maximum Gasteiger partial charge on any atom is 0.248 e. The largest absolute Gasteiger partial charge is 0.355 e. The zero-order chi connectivity index (χ0) is 24.3. The van der Waals surface area contributed by atoms with Crippen molar-refractivity contribution in [2.24, 2.45) is 5.92 Å². The number of nitrogens with zero attached hydrogens (tertiary/aromatic N) is 3. The van der Waals surface area contributed by atoms with Crippen molar-refractivity contribution in [1.29, 1.82) is 0 Å². The van der Waals surface area contributed by atoms with Crippen molar-refractivity contribution in [3.63, 3.8) is 0 Å². The highest BCUT2D eigenvalue weighted by atomic mass is 32.2. The van der Waals surface area contributed by atoms with Gasteiger partial charge in [-0.25, -0.2) is 13.4 Å². The number of rotatable bonds is 6. The van der Waals surface area contributed by atoms with Crippen LogP contribution in [0.4, 0.5) is 5.82 Å². The lowest BCUT2D eigenvalue weighted by Crippen LogP contribution is -2.44. The number of carbonyl (C=O) groups excluding carboxylic acids is 1. The summed E-state index contributed by atoms with van der Waals surface area (Å²) in [6.45, 7) is 5.95. The summed E-state index contributed by atoms with van der Waals surface area (Å²) in [5.74, 6) is -0.0749. The minimum absolute atomic E-state index is 0.0391. The van der Waals surface area contributed by atoms with Crippen LogP contribution in [0.3, 0.4) is 0 Å². The van der Waals surface area contributed by atoms with Crippen molar-refractivity contribution in [2.75, 3.05) is 18.4 Å². The topological polar surface area (TPSA) is 105 Å². The molecule has 34 heavy (non-hydrogen) atoms. The van der Waals surface area contributed by atoms with Crippen LogP contribution in [0.1, 0.15) is 41.0 Å². The van der Waals surface area contributed by atoms with Crippen LogP contribution in [0.25, 0.3) is 12.2 Å². The Morgan fingerprint density at radius 1 is 1.12 bits per heavy atom. The number of anilines is 1. The van der Waals surface area contributed by atoms with E-state index in [0.717, 1.165) is 16.7 Å². The van der Waals surface area contributed by atoms with Crippen LogP contribution < -0.4 is 5.32 Å². The van der Waals surface area contributed by atoms with Gasteiger partial charge in [0.05, 0.1) is 5.92 Å². The van der Waals surface area contributed by atoms with Crippen molar-refractivity contribution in [1.82, 2.24) is 14.4 Å². The Balaban J connectivity index is 1.53. The quantitative estimate of drug-likeness (QED) is 0.567. The minimum Gasteiger partial charge on any atom is -0.355 e. The Morgan fingerprint density at radius 2 is 1.88 bits per heavy atom. The number of pyridine rings is 1. The van der Waals surface area contributed by atoms with Crippen molar-refractivity contribution in [3.05, 3.63) is 70.7 Å². The van der Waals surface area contributed by atoms with Crippen LogP contribution in [0.5, 0.6) is 0 Å². The third kappa shape index (κ3) is 5.26. The second-order valence-corrected chi connectivity index (χ2v) is 10.5. The van der Waals surface area contributed by atoms with Gasteiger partial charge < -0.3 is 9.84 Å². The van der Waals surface area contributed by atoms with Gasteiger partial charge in [0.25, 0.3) is 0 Å². The SMILES string of the molecule is Cc1ccc(/C=C/c2onc(C)c2S(=O)(=O)N2CCC[C@@H](C(=O)Nc3cc(C)ccn3)C2)cc1. The molecule has 1 aliphatic rings. The van der Waals surface area contributed by atoms with Gasteiger partial charge in [0.15, 0.2) is 10.7 Å². The number of aromatic nitrogens is 2. The molecule has 0 bridgehead atoms. The predicted octanol–water partition coefficient (Wildman–Crippen LogP) is 4.20. The average molecular weight is 481 g/mol. The zero-order valence-corrected chi connectivity index (χ0v) is 20.3. The lowest BCUT2D eigenvalue weighted by molar-refractivity contribution is -0.120. The molecule has 0 radical (unpaired) electrons. The van der Waals surface area contributed by atoms with Crippen LogP contribution in [-0.2, 0) is 14.8 Å². The highest BCUT2D eigenvalue weighted by Crippen LogP contribution is 2.29. The van der Waals surface area contributed by atoms with E-state index >= 15 is 0 Å². The second kappa shape index (κ2) is 9.90. The molecule has 9 heteroatoms. The van der Waals surface area contributed by atoms with E-state index in [1.54, 1.807) is 31.3 Å². The van der Waals surface area contributed by atoms with Gasteiger partial charge in [-0.15, -0.1) is 0 Å². The van der Waals surface area contributed by atoms with E-state index in [4.69, 9.17) is 4.52 Å². The van der Waals surface area contributed by atoms with E-state index in [1.165, 1.54) is 4.31 Å². The van der Waals surface area contributed by atoms with E-state index in [0.29, 0.717) is 30.9 Å². The van der Waals surface area contributed by atoms with Crippen LogP contribution >= 0.6 is 0 Å². The highest BCUT2D eigenvalue weighted by molar-refractivity contribution is 7.89. The molecule has 1 aromatic carbocycles. The van der Waals surface area contributed by atoms with Gasteiger partial charge in [-0.05, 0) is 62.9 Å². The summed E-state index contributed by atoms with van der Waals surface area (Å²) < 4.78 is 33.8. The van der Waals surface area contributed by atoms with Crippen LogP contribution in [0.15, 0.2) is 52.0 Å². The number of benzene rings is 1. The smallest absolute Gasteiger partial charge is 0.248 e. The van der Waals surface area contributed by atoms with E-state index in [-0.39, 0.29) is 23.1 Å². The third-order valence-corrected chi connectivity index (χ3v) is 7.88. The lowest BCUT2D eigenvalue weighted by Gasteiger charge is -2.31. The average Bonchev–Trinajstić information content (AvgIpc) is 3.20. The number of carbonyl (C=O) groups is 1. The monoisotopic (exact) mass is 480 g/mol. The van der Waals surface area contributed by atoms with Gasteiger partial charge in [0.2, 0.25) is 15.9 Å². The molecule has 8 nitrogen and oxygen atoms in total. The fraction of sp³-hybridized carbons (Fsp3) is 0.320. The molecule has 1 fully saturated rings. The summed E-state index contributed by atoms with van der Waals surface area (Å²) in [6, 6.07) is 11.5. The lowest BCUT2D eigenvalue weighted by atomic mass is 9.99. The van der Waals surface area contributed by atoms with E-state index in [9.17, 15) is 13.2 Å². The molecule has 1 N–H and O–H groups in total. The molecule has 2 aromatic heterocycles. The number of aryl methyl sites for hydroxylation is 3. The van der Waals surface area contributed by atoms with Crippen LogP contribution in [0, 0.1) is 26.7 Å². The first kappa shape index (κ1) is 23.8. The molecule has 3 heterocycles. The maximum absolute atomic E-state index is 13.6. The van der Waals surface area contributed by atoms with Gasteiger partial charge in [-0.1, -0.05) is 41.1 Å². The fourth-order valence-electron chi connectivity index (χ4n) is 3.98. The van der Waals surface area contributed by atoms with Crippen LogP contribution in [0.2, 0.25) is 0 Å². The number of hydrogen-bond acceptors (Lipinski definition) is 6. The molecule has 1 atom stereocenters. The molecule has 0 aliphatic carbocycles. The fourth-order valence-corrected chi connectivity index (χ4v) is 5.76. The first-order chi connectivity index (χ1) is 16.2. The minimum atomic E-state index is -3.91. The van der Waals surface area contributed by atoms with Crippen molar-refractivity contribution in [3.8, 4) is 0 Å². The number of sulfonamides is 1. The molecular formula is C25H28N4O4S. The predicted molar refractivity (Wildman–Crippen MR) is 130 cm³/mol. The molecular weight excluding hydrogens is 452 g/mol. The molecule has 4 rings (SSSR count). The summed E-state index contributed by atoms with van der Waals surface area (Å²) in [5, 5.41) is 6.71. The molecule has 1 amide bonds. The molecule has 1 saturated heterocycles. The summed E-state index contributed by atoms with van der Waals surface area (Å²) in [6.07, 6.45) is 6.22. The standard InChI is InChI=1S/C25H28N4O4S/c1-17-6-8-20(9-7-17)10-11-22-24(19(3)28-33-22)34(31,32)29-14-4-5-21(16-29)25(30)27-23-15-18(2)12-13-26-23/h6-13,15,21H,4-5,14,16H2,1-3H3,(H,26,27,30)/b11-10+/t21-/m1/s1. The Labute approximate surface area is 199 Å². The molecule has 0 spiro atoms. The summed E-state index contributed by atoms with van der Waals surface area (Å²) >= 11 is 0.